The van der Waals surface area contributed by atoms with Crippen molar-refractivity contribution in [1.82, 2.24) is 4.57 Å². The van der Waals surface area contributed by atoms with Crippen LogP contribution in [0.5, 0.6) is 0 Å². The zero-order valence-electron chi connectivity index (χ0n) is 13.4. The van der Waals surface area contributed by atoms with Crippen LogP contribution < -0.4 is 10.9 Å². The predicted octanol–water partition coefficient (Wildman–Crippen LogP) is 3.84. The lowest BCUT2D eigenvalue weighted by atomic mass is 10.1. The molecule has 1 heterocycles. The number of aromatic nitrogens is 1. The number of rotatable bonds is 3. The lowest BCUT2D eigenvalue weighted by Gasteiger charge is -2.19. The second kappa shape index (κ2) is 7.08. The van der Waals surface area contributed by atoms with Crippen LogP contribution >= 0.6 is 23.2 Å². The molecule has 1 aromatic heterocycles. The summed E-state index contributed by atoms with van der Waals surface area (Å²) in [6.45, 7) is 4.98. The summed E-state index contributed by atoms with van der Waals surface area (Å²) in [5, 5.41) is 12.6. The quantitative estimate of drug-likeness (QED) is 0.899. The van der Waals surface area contributed by atoms with Crippen LogP contribution in [-0.2, 0) is 4.79 Å². The van der Waals surface area contributed by atoms with Gasteiger partial charge in [-0.1, -0.05) is 23.2 Å². The third kappa shape index (κ3) is 3.45. The average molecular weight is 364 g/mol. The second-order valence-electron chi connectivity index (χ2n) is 5.42. The van der Waals surface area contributed by atoms with Crippen molar-refractivity contribution in [2.45, 2.75) is 26.8 Å². The first kappa shape index (κ1) is 18.1. The van der Waals surface area contributed by atoms with E-state index in [0.717, 1.165) is 0 Å². The van der Waals surface area contributed by atoms with Gasteiger partial charge in [0.1, 0.15) is 17.7 Å². The Morgan fingerprint density at radius 2 is 1.96 bits per heavy atom. The molecule has 0 unspecified atom stereocenters. The van der Waals surface area contributed by atoms with Crippen LogP contribution in [0.2, 0.25) is 10.0 Å². The van der Waals surface area contributed by atoms with Crippen LogP contribution in [-0.4, -0.2) is 10.5 Å². The Labute approximate surface area is 149 Å². The Kier molecular flexibility index (Phi) is 5.33. The standard InChI is InChI=1S/C17H15Cl2N3O2/c1-9-6-10(2)22(17(24)13(9)8-20)11(3)16(23)21-15-7-12(18)4-5-14(15)19/h4-7,11H,1-3H3,(H,21,23)/t11-/m1/s1. The van der Waals surface area contributed by atoms with Crippen molar-refractivity contribution in [3.63, 3.8) is 0 Å². The normalized spacial score (nSPS) is 11.7. The topological polar surface area (TPSA) is 74.9 Å². The fourth-order valence-electron chi connectivity index (χ4n) is 2.47. The highest BCUT2D eigenvalue weighted by Crippen LogP contribution is 2.26. The highest BCUT2D eigenvalue weighted by Gasteiger charge is 2.21. The minimum Gasteiger partial charge on any atom is -0.323 e. The summed E-state index contributed by atoms with van der Waals surface area (Å²) < 4.78 is 1.29. The minimum absolute atomic E-state index is 0.0287. The Hall–Kier alpha value is -2.29. The zero-order chi connectivity index (χ0) is 18.0. The van der Waals surface area contributed by atoms with Gasteiger partial charge in [-0.3, -0.25) is 14.2 Å². The van der Waals surface area contributed by atoms with E-state index in [1.807, 2.05) is 6.07 Å². The molecule has 0 radical (unpaired) electrons. The maximum absolute atomic E-state index is 12.5. The highest BCUT2D eigenvalue weighted by molar-refractivity contribution is 6.35. The number of aryl methyl sites for hydroxylation is 2. The van der Waals surface area contributed by atoms with E-state index in [1.54, 1.807) is 39.0 Å². The number of nitrogens with one attached hydrogen (secondary N) is 1. The van der Waals surface area contributed by atoms with Crippen molar-refractivity contribution in [3.8, 4) is 6.07 Å². The van der Waals surface area contributed by atoms with Crippen molar-refractivity contribution in [2.75, 3.05) is 5.32 Å². The number of pyridine rings is 1. The molecule has 7 heteroatoms. The summed E-state index contributed by atoms with van der Waals surface area (Å²) >= 11 is 11.9. The molecule has 1 atom stereocenters. The van der Waals surface area contributed by atoms with Gasteiger partial charge in [-0.15, -0.1) is 0 Å². The molecule has 0 aliphatic carbocycles. The molecule has 1 aromatic carbocycles. The number of nitriles is 1. The monoisotopic (exact) mass is 363 g/mol. The number of amides is 1. The number of nitrogens with zero attached hydrogens (tertiary/aromatic N) is 2. The molecule has 24 heavy (non-hydrogen) atoms. The van der Waals surface area contributed by atoms with Crippen molar-refractivity contribution in [1.29, 1.82) is 5.26 Å². The van der Waals surface area contributed by atoms with Crippen LogP contribution in [0.15, 0.2) is 29.1 Å². The Morgan fingerprint density at radius 1 is 1.29 bits per heavy atom. The maximum Gasteiger partial charge on any atom is 0.269 e. The lowest BCUT2D eigenvalue weighted by Crippen LogP contribution is -2.34. The summed E-state index contributed by atoms with van der Waals surface area (Å²) in [4.78, 5) is 25.0. The first-order valence-electron chi connectivity index (χ1n) is 7.15. The zero-order valence-corrected chi connectivity index (χ0v) is 14.9. The number of benzene rings is 1. The van der Waals surface area contributed by atoms with Gasteiger partial charge in [0.2, 0.25) is 5.91 Å². The minimum atomic E-state index is -0.819. The number of hydrogen-bond acceptors (Lipinski definition) is 3. The molecular weight excluding hydrogens is 349 g/mol. The van der Waals surface area contributed by atoms with Gasteiger partial charge in [0.25, 0.3) is 5.56 Å². The summed E-state index contributed by atoms with van der Waals surface area (Å²) in [7, 11) is 0. The maximum atomic E-state index is 12.5. The van der Waals surface area contributed by atoms with E-state index in [9.17, 15) is 9.59 Å². The number of carbonyl (C=O) groups is 1. The van der Waals surface area contributed by atoms with E-state index in [-0.39, 0.29) is 5.56 Å². The molecule has 1 N–H and O–H groups in total. The highest BCUT2D eigenvalue weighted by atomic mass is 35.5. The molecule has 5 nitrogen and oxygen atoms in total. The predicted molar refractivity (Wildman–Crippen MR) is 94.7 cm³/mol. The molecule has 0 spiro atoms. The molecule has 124 valence electrons. The molecule has 2 rings (SSSR count). The molecule has 0 saturated heterocycles. The van der Waals surface area contributed by atoms with Crippen molar-refractivity contribution >= 4 is 34.8 Å². The van der Waals surface area contributed by atoms with Crippen molar-refractivity contribution in [3.05, 3.63) is 61.5 Å². The third-order valence-corrected chi connectivity index (χ3v) is 4.26. The van der Waals surface area contributed by atoms with Gasteiger partial charge >= 0.3 is 0 Å². The Morgan fingerprint density at radius 3 is 2.58 bits per heavy atom. The van der Waals surface area contributed by atoms with Crippen LogP contribution in [0, 0.1) is 25.2 Å². The van der Waals surface area contributed by atoms with Crippen molar-refractivity contribution in [2.24, 2.45) is 0 Å². The Bertz CT molecular complexity index is 913. The van der Waals surface area contributed by atoms with Crippen LogP contribution in [0.3, 0.4) is 0 Å². The van der Waals surface area contributed by atoms with E-state index in [4.69, 9.17) is 28.5 Å². The second-order valence-corrected chi connectivity index (χ2v) is 6.26. The molecule has 2 aromatic rings. The molecule has 0 aliphatic heterocycles. The van der Waals surface area contributed by atoms with Gasteiger partial charge in [-0.2, -0.15) is 5.26 Å². The van der Waals surface area contributed by atoms with Gasteiger partial charge in [-0.25, -0.2) is 0 Å². The van der Waals surface area contributed by atoms with Crippen molar-refractivity contribution < 1.29 is 4.79 Å². The fraction of sp³-hybridized carbons (Fsp3) is 0.235. The SMILES string of the molecule is Cc1cc(C)n([C@H](C)C(=O)Nc2cc(Cl)ccc2Cl)c(=O)c1C#N. The van der Waals surface area contributed by atoms with E-state index < -0.39 is 17.5 Å². The number of carbonyl (C=O) groups excluding carboxylic acids is 1. The molecule has 0 saturated carbocycles. The van der Waals surface area contributed by atoms with Gasteiger partial charge < -0.3 is 5.32 Å². The van der Waals surface area contributed by atoms with Gasteiger partial charge in [0, 0.05) is 10.7 Å². The molecule has 1 amide bonds. The average Bonchev–Trinajstić information content (AvgIpc) is 2.50. The molecule has 0 fully saturated rings. The number of halogens is 2. The largest absolute Gasteiger partial charge is 0.323 e. The number of anilines is 1. The number of hydrogen-bond donors (Lipinski definition) is 1. The van der Waals surface area contributed by atoms with Gasteiger partial charge in [0.05, 0.1) is 10.7 Å². The van der Waals surface area contributed by atoms with E-state index in [0.29, 0.717) is 27.0 Å². The van der Waals surface area contributed by atoms with Gasteiger partial charge in [-0.05, 0) is 50.6 Å². The summed E-state index contributed by atoms with van der Waals surface area (Å²) in [6, 6.07) is 7.48. The smallest absolute Gasteiger partial charge is 0.269 e. The fourth-order valence-corrected chi connectivity index (χ4v) is 2.81. The summed E-state index contributed by atoms with van der Waals surface area (Å²) in [5.74, 6) is -0.433. The summed E-state index contributed by atoms with van der Waals surface area (Å²) in [6.07, 6.45) is 0. The van der Waals surface area contributed by atoms with E-state index in [1.165, 1.54) is 10.6 Å². The molecule has 0 aliphatic rings. The third-order valence-electron chi connectivity index (χ3n) is 3.70. The summed E-state index contributed by atoms with van der Waals surface area (Å²) in [5.41, 5.74) is 1.08. The molecular formula is C17H15Cl2N3O2. The van der Waals surface area contributed by atoms with Gasteiger partial charge in [0.15, 0.2) is 0 Å². The lowest BCUT2D eigenvalue weighted by molar-refractivity contribution is -0.118. The van der Waals surface area contributed by atoms with Crippen LogP contribution in [0.25, 0.3) is 0 Å². The van der Waals surface area contributed by atoms with E-state index >= 15 is 0 Å². The van der Waals surface area contributed by atoms with Crippen LogP contribution in [0.1, 0.15) is 29.8 Å². The van der Waals surface area contributed by atoms with Crippen LogP contribution in [0.4, 0.5) is 5.69 Å². The van der Waals surface area contributed by atoms with E-state index in [2.05, 4.69) is 5.32 Å². The Balaban J connectivity index is 2.41. The molecule has 0 bridgehead atoms. The first-order valence-corrected chi connectivity index (χ1v) is 7.90. The first-order chi connectivity index (χ1) is 11.3.